The number of hydrogen-bond donors (Lipinski definition) is 1. The van der Waals surface area contributed by atoms with E-state index in [4.69, 9.17) is 0 Å². The zero-order valence-electron chi connectivity index (χ0n) is 21.3. The molecule has 0 aliphatic carbocycles. The topological polar surface area (TPSA) is 40.5 Å². The van der Waals surface area contributed by atoms with E-state index in [0.717, 1.165) is 38.0 Å². The molecule has 1 fully saturated rings. The van der Waals surface area contributed by atoms with Crippen molar-refractivity contribution in [2.75, 3.05) is 19.6 Å². The molecule has 0 aromatic heterocycles. The fourth-order valence-electron chi connectivity index (χ4n) is 4.93. The van der Waals surface area contributed by atoms with Gasteiger partial charge in [0.05, 0.1) is 0 Å². The monoisotopic (exact) mass is 519 g/mol. The molecule has 0 amide bonds. The molecular weight excluding hydrogens is 469 g/mol. The number of benzene rings is 1. The SMILES string of the molecule is CCCCCCCCCCCCCCCC(=O)[AsH]C(CN1CCCC1)C(O)c1ccccc1. The number of nitrogens with zero attached hydrogens (tertiary/aromatic N) is 1. The normalized spacial score (nSPS) is 16.5. The second-order valence-electron chi connectivity index (χ2n) is 10.0. The van der Waals surface area contributed by atoms with Crippen molar-refractivity contribution in [3.8, 4) is 0 Å². The van der Waals surface area contributed by atoms with Crippen molar-refractivity contribution in [3.05, 3.63) is 35.9 Å². The van der Waals surface area contributed by atoms with Crippen molar-refractivity contribution in [3.63, 3.8) is 0 Å². The first-order valence-electron chi connectivity index (χ1n) is 14.0. The van der Waals surface area contributed by atoms with E-state index in [0.29, 0.717) is 4.57 Å². The number of rotatable bonds is 20. The average molecular weight is 520 g/mol. The van der Waals surface area contributed by atoms with E-state index in [9.17, 15) is 9.90 Å². The summed E-state index contributed by atoms with van der Waals surface area (Å²) < 4.78 is 0.581. The molecule has 1 aliphatic rings. The van der Waals surface area contributed by atoms with Crippen LogP contribution in [0.3, 0.4) is 0 Å². The van der Waals surface area contributed by atoms with Gasteiger partial charge in [-0.2, -0.15) is 0 Å². The molecule has 1 N–H and O–H groups in total. The van der Waals surface area contributed by atoms with E-state index in [1.165, 1.54) is 89.9 Å². The van der Waals surface area contributed by atoms with Crippen LogP contribution < -0.4 is 0 Å². The minimum atomic E-state index is -0.820. The first kappa shape index (κ1) is 28.6. The average Bonchev–Trinajstić information content (AvgIpc) is 3.35. The van der Waals surface area contributed by atoms with Crippen molar-refractivity contribution in [2.45, 2.75) is 120 Å². The number of carbonyl (C=O) groups is 1. The first-order valence-corrected chi connectivity index (χ1v) is 16.2. The Morgan fingerprint density at radius 1 is 0.848 bits per heavy atom. The van der Waals surface area contributed by atoms with Gasteiger partial charge in [-0.25, -0.2) is 0 Å². The molecule has 1 aromatic rings. The fraction of sp³-hybridized carbons (Fsp3) is 0.759. The van der Waals surface area contributed by atoms with Crippen molar-refractivity contribution in [2.24, 2.45) is 0 Å². The number of aliphatic hydroxyl groups is 1. The molecule has 3 nitrogen and oxygen atoms in total. The molecule has 4 heteroatoms. The van der Waals surface area contributed by atoms with Crippen LogP contribution in [0.5, 0.6) is 0 Å². The van der Waals surface area contributed by atoms with Crippen LogP contribution in [0, 0.1) is 0 Å². The zero-order chi connectivity index (χ0) is 23.6. The van der Waals surface area contributed by atoms with Crippen LogP contribution in [0.2, 0.25) is 4.71 Å². The van der Waals surface area contributed by atoms with Gasteiger partial charge in [-0.15, -0.1) is 0 Å². The van der Waals surface area contributed by atoms with Crippen molar-refractivity contribution in [1.29, 1.82) is 0 Å². The number of aliphatic hydroxyl groups excluding tert-OH is 1. The van der Waals surface area contributed by atoms with Crippen LogP contribution in [0.1, 0.15) is 121 Å². The minimum absolute atomic E-state index is 0.125. The van der Waals surface area contributed by atoms with Gasteiger partial charge < -0.3 is 0 Å². The van der Waals surface area contributed by atoms with Crippen LogP contribution >= 0.6 is 0 Å². The maximum atomic E-state index is 12.8. The van der Waals surface area contributed by atoms with Gasteiger partial charge in [0.25, 0.3) is 0 Å². The van der Waals surface area contributed by atoms with Crippen LogP contribution in [0.4, 0.5) is 0 Å². The Kier molecular flexibility index (Phi) is 16.2. The number of carbonyl (C=O) groups excluding carboxylic acids is 1. The van der Waals surface area contributed by atoms with Gasteiger partial charge in [-0.05, 0) is 0 Å². The second kappa shape index (κ2) is 18.7. The summed E-state index contributed by atoms with van der Waals surface area (Å²) in [5.74, 6) is 0. The predicted octanol–water partition coefficient (Wildman–Crippen LogP) is 7.05. The van der Waals surface area contributed by atoms with Crippen molar-refractivity contribution in [1.82, 2.24) is 4.90 Å². The molecule has 0 spiro atoms. The van der Waals surface area contributed by atoms with Crippen LogP contribution in [0.15, 0.2) is 30.3 Å². The van der Waals surface area contributed by atoms with E-state index in [1.807, 2.05) is 30.3 Å². The van der Waals surface area contributed by atoms with E-state index >= 15 is 0 Å². The van der Waals surface area contributed by atoms with E-state index < -0.39 is 21.9 Å². The standard InChI is InChI=1S/C29H50AsNO2/c1-2-3-4-5-6-7-8-9-10-11-12-13-17-22-28(32)30-27(25-31-23-18-19-24-31)29(33)26-20-15-14-16-21-26/h14-16,20-21,27,29-30,33H,2-13,17-19,22-25H2,1H3. The summed E-state index contributed by atoms with van der Waals surface area (Å²) in [5.41, 5.74) is 0.971. The van der Waals surface area contributed by atoms with Gasteiger partial charge in [0.2, 0.25) is 0 Å². The predicted molar refractivity (Wildman–Crippen MR) is 143 cm³/mol. The fourth-order valence-corrected chi connectivity index (χ4v) is 7.94. The Morgan fingerprint density at radius 3 is 1.91 bits per heavy atom. The third-order valence-corrected chi connectivity index (χ3v) is 10.1. The number of likely N-dealkylation sites (tertiary alicyclic amines) is 1. The van der Waals surface area contributed by atoms with Crippen molar-refractivity contribution < 1.29 is 9.90 Å². The molecule has 33 heavy (non-hydrogen) atoms. The van der Waals surface area contributed by atoms with Gasteiger partial charge >= 0.3 is 185 Å². The molecule has 0 radical (unpaired) electrons. The molecule has 0 saturated carbocycles. The molecule has 1 aromatic carbocycles. The Balaban J connectivity index is 1.56. The molecule has 0 bridgehead atoms. The van der Waals surface area contributed by atoms with Crippen LogP contribution in [-0.4, -0.2) is 50.0 Å². The van der Waals surface area contributed by atoms with Crippen LogP contribution in [-0.2, 0) is 4.79 Å². The summed E-state index contributed by atoms with van der Waals surface area (Å²) in [6.07, 6.45) is 20.1. The summed E-state index contributed by atoms with van der Waals surface area (Å²) in [6, 6.07) is 9.97. The Labute approximate surface area is 210 Å². The third kappa shape index (κ3) is 13.1. The van der Waals surface area contributed by atoms with E-state index in [2.05, 4.69) is 11.8 Å². The molecule has 188 valence electrons. The van der Waals surface area contributed by atoms with Gasteiger partial charge in [-0.1, -0.05) is 26.2 Å². The van der Waals surface area contributed by atoms with E-state index in [1.54, 1.807) is 0 Å². The second-order valence-corrected chi connectivity index (χ2v) is 13.4. The molecule has 1 aliphatic heterocycles. The van der Waals surface area contributed by atoms with Crippen LogP contribution in [0.25, 0.3) is 0 Å². The summed E-state index contributed by atoms with van der Waals surface area (Å²) in [4.78, 5) is 15.2. The van der Waals surface area contributed by atoms with Gasteiger partial charge in [-0.3, -0.25) is 0 Å². The number of hydrogen-bond acceptors (Lipinski definition) is 3. The summed E-state index contributed by atoms with van der Waals surface area (Å²) in [5, 5.41) is 11.0. The molecule has 3 unspecified atom stereocenters. The van der Waals surface area contributed by atoms with Gasteiger partial charge in [0, 0.05) is 0 Å². The summed E-state index contributed by atoms with van der Waals surface area (Å²) in [7, 11) is 0. The van der Waals surface area contributed by atoms with Gasteiger partial charge in [0.1, 0.15) is 0 Å². The zero-order valence-corrected chi connectivity index (χ0v) is 23.4. The molecular formula is C29H50AsNO2. The first-order chi connectivity index (χ1) is 16.2. The van der Waals surface area contributed by atoms with Crippen molar-refractivity contribution >= 4 is 20.3 Å². The summed E-state index contributed by atoms with van der Waals surface area (Å²) in [6.45, 7) is 5.41. The molecule has 1 heterocycles. The maximum absolute atomic E-state index is 12.8. The quantitative estimate of drug-likeness (QED) is 0.148. The Hall–Kier alpha value is -0.632. The molecule has 1 saturated heterocycles. The third-order valence-electron chi connectivity index (χ3n) is 7.03. The Bertz CT molecular complexity index is 603. The van der Waals surface area contributed by atoms with E-state index in [-0.39, 0.29) is 4.71 Å². The van der Waals surface area contributed by atoms with Gasteiger partial charge in [0.15, 0.2) is 0 Å². The molecule has 3 atom stereocenters. The number of unbranched alkanes of at least 4 members (excludes halogenated alkanes) is 12. The molecule has 2 rings (SSSR count). The Morgan fingerprint density at radius 2 is 1.36 bits per heavy atom. The summed E-state index contributed by atoms with van der Waals surface area (Å²) >= 11 is -0.820.